The lowest BCUT2D eigenvalue weighted by Gasteiger charge is -2.41. The van der Waals surface area contributed by atoms with Crippen molar-refractivity contribution in [3.63, 3.8) is 0 Å². The monoisotopic (exact) mass is 316 g/mol. The molecule has 0 aliphatic carbocycles. The Morgan fingerprint density at radius 2 is 2.00 bits per heavy atom. The minimum atomic E-state index is -1.94. The molecule has 1 aliphatic rings. The number of aliphatic hydroxyl groups is 1. The molecule has 0 spiro atoms. The van der Waals surface area contributed by atoms with Gasteiger partial charge in [0.15, 0.2) is 14.1 Å². The predicted octanol–water partition coefficient (Wildman–Crippen LogP) is 3.47. The molecule has 0 bridgehead atoms. The number of hydrogen-bond donors (Lipinski definition) is 1. The largest absolute Gasteiger partial charge is 0.411 e. The summed E-state index contributed by atoms with van der Waals surface area (Å²) in [6.07, 6.45) is 1.11. The van der Waals surface area contributed by atoms with Crippen molar-refractivity contribution in [3.05, 3.63) is 12.7 Å². The lowest BCUT2D eigenvalue weighted by atomic mass is 10.1. The van der Waals surface area contributed by atoms with Crippen molar-refractivity contribution in [3.8, 4) is 0 Å². The zero-order valence-electron chi connectivity index (χ0n) is 14.6. The van der Waals surface area contributed by atoms with Crippen LogP contribution in [0.1, 0.15) is 41.0 Å². The molecule has 21 heavy (non-hydrogen) atoms. The molecule has 1 fully saturated rings. The predicted molar refractivity (Wildman–Crippen MR) is 87.8 cm³/mol. The summed E-state index contributed by atoms with van der Waals surface area (Å²) in [4.78, 5) is 0. The van der Waals surface area contributed by atoms with Crippen LogP contribution in [0.4, 0.5) is 0 Å². The van der Waals surface area contributed by atoms with Crippen LogP contribution >= 0.6 is 0 Å². The van der Waals surface area contributed by atoms with E-state index in [0.29, 0.717) is 13.0 Å². The van der Waals surface area contributed by atoms with Gasteiger partial charge in [-0.2, -0.15) is 0 Å². The van der Waals surface area contributed by atoms with E-state index in [0.717, 1.165) is 0 Å². The summed E-state index contributed by atoms with van der Waals surface area (Å²) in [6, 6.07) is 0. The Morgan fingerprint density at radius 3 is 2.38 bits per heavy atom. The molecule has 0 radical (unpaired) electrons. The van der Waals surface area contributed by atoms with Crippen LogP contribution in [-0.2, 0) is 13.9 Å². The third-order valence-corrected chi connectivity index (χ3v) is 8.95. The molecule has 0 amide bonds. The van der Waals surface area contributed by atoms with Crippen LogP contribution in [0.25, 0.3) is 0 Å². The first-order valence-corrected chi connectivity index (χ1v) is 10.6. The minimum absolute atomic E-state index is 0.110. The molecule has 1 heterocycles. The lowest BCUT2D eigenvalue weighted by molar-refractivity contribution is -0.151. The van der Waals surface area contributed by atoms with Crippen LogP contribution < -0.4 is 0 Å². The third-order valence-electron chi connectivity index (χ3n) is 4.44. The molecule has 0 aromatic rings. The Balaban J connectivity index is 2.86. The SMILES string of the molecule is C=CC(O)C[C@H](O[Si](C)(C)C(C)(C)C)[C@H]1COC(C)(C)O1. The molecular weight excluding hydrogens is 284 g/mol. The third kappa shape index (κ3) is 5.18. The van der Waals surface area contributed by atoms with E-state index in [1.54, 1.807) is 6.08 Å². The summed E-state index contributed by atoms with van der Waals surface area (Å²) in [6.45, 7) is 19.0. The summed E-state index contributed by atoms with van der Waals surface area (Å²) in [7, 11) is -1.94. The van der Waals surface area contributed by atoms with Crippen molar-refractivity contribution in [2.24, 2.45) is 0 Å². The van der Waals surface area contributed by atoms with E-state index in [2.05, 4.69) is 40.4 Å². The molecule has 0 saturated carbocycles. The van der Waals surface area contributed by atoms with Gasteiger partial charge in [0.1, 0.15) is 6.10 Å². The number of rotatable bonds is 6. The van der Waals surface area contributed by atoms with E-state index < -0.39 is 20.2 Å². The summed E-state index contributed by atoms with van der Waals surface area (Å²) >= 11 is 0. The number of hydrogen-bond acceptors (Lipinski definition) is 4. The normalized spacial score (nSPS) is 25.6. The van der Waals surface area contributed by atoms with Gasteiger partial charge in [-0.3, -0.25) is 0 Å². The average Bonchev–Trinajstić information content (AvgIpc) is 2.67. The van der Waals surface area contributed by atoms with E-state index in [1.807, 2.05) is 13.8 Å². The molecule has 0 aromatic heterocycles. The molecule has 124 valence electrons. The van der Waals surface area contributed by atoms with Gasteiger partial charge in [-0.05, 0) is 32.0 Å². The Labute approximate surface area is 130 Å². The Morgan fingerprint density at radius 1 is 1.43 bits per heavy atom. The van der Waals surface area contributed by atoms with Gasteiger partial charge >= 0.3 is 0 Å². The summed E-state index contributed by atoms with van der Waals surface area (Å²) in [5, 5.41) is 10.0. The van der Waals surface area contributed by atoms with Crippen molar-refractivity contribution in [1.82, 2.24) is 0 Å². The first-order chi connectivity index (χ1) is 9.38. The summed E-state index contributed by atoms with van der Waals surface area (Å²) in [5.41, 5.74) is 0. The van der Waals surface area contributed by atoms with Gasteiger partial charge in [0.2, 0.25) is 0 Å². The first-order valence-electron chi connectivity index (χ1n) is 7.68. The lowest BCUT2D eigenvalue weighted by Crippen LogP contribution is -2.48. The highest BCUT2D eigenvalue weighted by molar-refractivity contribution is 6.74. The van der Waals surface area contributed by atoms with Crippen molar-refractivity contribution >= 4 is 8.32 Å². The van der Waals surface area contributed by atoms with Gasteiger partial charge in [0.05, 0.1) is 18.8 Å². The maximum atomic E-state index is 9.94. The fraction of sp³-hybridized carbons (Fsp3) is 0.875. The Hall–Kier alpha value is -0.203. The second kappa shape index (κ2) is 6.50. The van der Waals surface area contributed by atoms with E-state index in [1.165, 1.54) is 0 Å². The van der Waals surface area contributed by atoms with Gasteiger partial charge in [0, 0.05) is 6.42 Å². The highest BCUT2D eigenvalue weighted by Gasteiger charge is 2.44. The molecule has 1 rings (SSSR count). The Kier molecular flexibility index (Phi) is 5.84. The van der Waals surface area contributed by atoms with E-state index in [4.69, 9.17) is 13.9 Å². The fourth-order valence-corrected chi connectivity index (χ4v) is 3.42. The van der Waals surface area contributed by atoms with Crippen molar-refractivity contribution < 1.29 is 19.0 Å². The molecule has 1 saturated heterocycles. The highest BCUT2D eigenvalue weighted by atomic mass is 28.4. The highest BCUT2D eigenvalue weighted by Crippen LogP contribution is 2.39. The smallest absolute Gasteiger partial charge is 0.192 e. The van der Waals surface area contributed by atoms with Crippen LogP contribution in [0, 0.1) is 0 Å². The van der Waals surface area contributed by atoms with E-state index >= 15 is 0 Å². The molecule has 4 nitrogen and oxygen atoms in total. The zero-order chi connectivity index (χ0) is 16.5. The molecular formula is C16H32O4Si. The van der Waals surface area contributed by atoms with Crippen molar-refractivity contribution in [2.45, 2.75) is 83.3 Å². The number of ether oxygens (including phenoxy) is 2. The van der Waals surface area contributed by atoms with Crippen LogP contribution in [-0.4, -0.2) is 44.1 Å². The van der Waals surface area contributed by atoms with Gasteiger partial charge in [-0.15, -0.1) is 6.58 Å². The van der Waals surface area contributed by atoms with Gasteiger partial charge < -0.3 is 19.0 Å². The second-order valence-corrected chi connectivity index (χ2v) is 12.6. The molecule has 3 atom stereocenters. The molecule has 1 aliphatic heterocycles. The van der Waals surface area contributed by atoms with Gasteiger partial charge in [-0.25, -0.2) is 0 Å². The summed E-state index contributed by atoms with van der Waals surface area (Å²) < 4.78 is 18.1. The molecule has 1 unspecified atom stereocenters. The maximum Gasteiger partial charge on any atom is 0.192 e. The quantitative estimate of drug-likeness (QED) is 0.602. The van der Waals surface area contributed by atoms with Crippen LogP contribution in [0.5, 0.6) is 0 Å². The molecule has 0 aromatic carbocycles. The van der Waals surface area contributed by atoms with E-state index in [-0.39, 0.29) is 17.2 Å². The van der Waals surface area contributed by atoms with Crippen LogP contribution in [0.2, 0.25) is 18.1 Å². The zero-order valence-corrected chi connectivity index (χ0v) is 15.6. The summed E-state index contributed by atoms with van der Waals surface area (Å²) in [5.74, 6) is -0.584. The number of aliphatic hydroxyl groups excluding tert-OH is 1. The van der Waals surface area contributed by atoms with Crippen molar-refractivity contribution in [1.29, 1.82) is 0 Å². The average molecular weight is 317 g/mol. The van der Waals surface area contributed by atoms with Crippen LogP contribution in [0.3, 0.4) is 0 Å². The van der Waals surface area contributed by atoms with Gasteiger partial charge in [-0.1, -0.05) is 26.8 Å². The fourth-order valence-electron chi connectivity index (χ4n) is 2.06. The molecule has 1 N–H and O–H groups in total. The van der Waals surface area contributed by atoms with Crippen LogP contribution in [0.15, 0.2) is 12.7 Å². The van der Waals surface area contributed by atoms with Crippen molar-refractivity contribution in [2.75, 3.05) is 6.61 Å². The van der Waals surface area contributed by atoms with E-state index in [9.17, 15) is 5.11 Å². The van der Waals surface area contributed by atoms with Gasteiger partial charge in [0.25, 0.3) is 0 Å². The maximum absolute atomic E-state index is 9.94. The topological polar surface area (TPSA) is 47.9 Å². The molecule has 5 heteroatoms. The standard InChI is InChI=1S/C16H32O4Si/c1-9-12(17)10-13(14-11-18-16(5,6)19-14)20-21(7,8)15(2,3)4/h9,12-14,17H,1,10-11H2,2-8H3/t12?,13-,14+/m0/s1. The first kappa shape index (κ1) is 18.8. The Bertz CT molecular complexity index is 360. The minimum Gasteiger partial charge on any atom is -0.411 e. The second-order valence-electron chi connectivity index (χ2n) is 7.82.